The number of unbranched alkanes of at least 4 members (excludes halogenated alkanes) is 7. The van der Waals surface area contributed by atoms with E-state index < -0.39 is 0 Å². The number of rotatable bonds is 13. The lowest BCUT2D eigenvalue weighted by atomic mass is 10.1. The van der Waals surface area contributed by atoms with Gasteiger partial charge < -0.3 is 15.4 Å². The zero-order valence-corrected chi connectivity index (χ0v) is 15.5. The Kier molecular flexibility index (Phi) is 19.4. The molecule has 0 aromatic carbocycles. The number of amides is 2. The molecule has 0 atom stereocenters. The molecule has 0 saturated carbocycles. The Morgan fingerprint density at radius 2 is 1.13 bits per heavy atom. The molecule has 0 saturated heterocycles. The van der Waals surface area contributed by atoms with Crippen LogP contribution < -0.4 is 10.6 Å². The number of nitrogens with one attached hydrogen (secondary N) is 2. The van der Waals surface area contributed by atoms with E-state index in [1.807, 2.05) is 13.8 Å². The molecule has 136 valence electrons. The van der Waals surface area contributed by atoms with Gasteiger partial charge in [0.2, 0.25) is 11.8 Å². The Morgan fingerprint density at radius 1 is 0.696 bits per heavy atom. The fraction of sp³-hybridized carbons (Fsp3) is 0.833. The van der Waals surface area contributed by atoms with Gasteiger partial charge in [-0.15, -0.1) is 0 Å². The molecule has 0 fully saturated rings. The van der Waals surface area contributed by atoms with Crippen molar-refractivity contribution in [1.82, 2.24) is 10.6 Å². The highest BCUT2D eigenvalue weighted by atomic mass is 16.2. The molecule has 0 heterocycles. The molecule has 2 N–H and O–H groups in total. The molecule has 23 heavy (non-hydrogen) atoms. The van der Waals surface area contributed by atoms with Gasteiger partial charge in [0, 0.05) is 19.9 Å². The lowest BCUT2D eigenvalue weighted by molar-refractivity contribution is -0.125. The van der Waals surface area contributed by atoms with E-state index in [9.17, 15) is 14.4 Å². The van der Waals surface area contributed by atoms with Crippen LogP contribution in [0.25, 0.3) is 0 Å². The van der Waals surface area contributed by atoms with E-state index in [4.69, 9.17) is 0 Å². The van der Waals surface area contributed by atoms with E-state index in [1.54, 1.807) is 14.0 Å². The number of likely N-dealkylation sites (N-methyl/N-ethyl adjacent to an activating group) is 1. The van der Waals surface area contributed by atoms with Crippen molar-refractivity contribution in [2.45, 2.75) is 85.0 Å². The lowest BCUT2D eigenvalue weighted by Gasteiger charge is -2.04. The predicted octanol–water partition coefficient (Wildman–Crippen LogP) is 3.36. The van der Waals surface area contributed by atoms with Crippen molar-refractivity contribution in [3.63, 3.8) is 0 Å². The number of carbonyl (C=O) groups is 3. The van der Waals surface area contributed by atoms with Gasteiger partial charge in [0.25, 0.3) is 0 Å². The van der Waals surface area contributed by atoms with E-state index in [-0.39, 0.29) is 24.1 Å². The Balaban J connectivity index is 0. The van der Waals surface area contributed by atoms with Crippen LogP contribution in [0.15, 0.2) is 0 Å². The average Bonchev–Trinajstić information content (AvgIpc) is 2.55. The van der Waals surface area contributed by atoms with Crippen LogP contribution in [-0.2, 0) is 14.4 Å². The van der Waals surface area contributed by atoms with Crippen molar-refractivity contribution in [3.8, 4) is 0 Å². The van der Waals surface area contributed by atoms with Gasteiger partial charge in [-0.1, -0.05) is 52.4 Å². The fourth-order valence-corrected chi connectivity index (χ4v) is 2.08. The number of carbonyl (C=O) groups excluding carboxylic acids is 3. The Bertz CT molecular complexity index is 317. The van der Waals surface area contributed by atoms with Crippen molar-refractivity contribution >= 4 is 17.6 Å². The van der Waals surface area contributed by atoms with Crippen LogP contribution in [0.3, 0.4) is 0 Å². The smallest absolute Gasteiger partial charge is 0.239 e. The highest BCUT2D eigenvalue weighted by Crippen LogP contribution is 2.10. The summed E-state index contributed by atoms with van der Waals surface area (Å²) < 4.78 is 0. The van der Waals surface area contributed by atoms with Crippen molar-refractivity contribution < 1.29 is 14.4 Å². The zero-order valence-electron chi connectivity index (χ0n) is 15.5. The van der Waals surface area contributed by atoms with Crippen LogP contribution in [0.2, 0.25) is 0 Å². The molecule has 0 aliphatic heterocycles. The summed E-state index contributed by atoms with van der Waals surface area (Å²) in [7, 11) is 1.55. The SMILES string of the molecule is CC.CNC(=O)CNC(=O)CCCCCCCCCCC(C)=O. The lowest BCUT2D eigenvalue weighted by Crippen LogP contribution is -2.34. The van der Waals surface area contributed by atoms with Crippen LogP contribution >= 0.6 is 0 Å². The monoisotopic (exact) mass is 328 g/mol. The third kappa shape index (κ3) is 20.6. The first-order valence-electron chi connectivity index (χ1n) is 9.03. The predicted molar refractivity (Wildman–Crippen MR) is 95.3 cm³/mol. The molecule has 0 unspecified atom stereocenters. The largest absolute Gasteiger partial charge is 0.358 e. The van der Waals surface area contributed by atoms with Gasteiger partial charge in [0.1, 0.15) is 5.78 Å². The van der Waals surface area contributed by atoms with E-state index in [0.29, 0.717) is 12.8 Å². The van der Waals surface area contributed by atoms with Crippen molar-refractivity contribution in [1.29, 1.82) is 0 Å². The highest BCUT2D eigenvalue weighted by molar-refractivity contribution is 5.84. The van der Waals surface area contributed by atoms with Gasteiger partial charge in [-0.2, -0.15) is 0 Å². The summed E-state index contributed by atoms with van der Waals surface area (Å²) in [4.78, 5) is 33.1. The molecule has 0 spiro atoms. The second kappa shape index (κ2) is 18.7. The molecule has 2 amide bonds. The summed E-state index contributed by atoms with van der Waals surface area (Å²) in [5, 5.41) is 5.05. The van der Waals surface area contributed by atoms with E-state index in [2.05, 4.69) is 10.6 Å². The summed E-state index contributed by atoms with van der Waals surface area (Å²) in [5.74, 6) is 0.0562. The van der Waals surface area contributed by atoms with Crippen molar-refractivity contribution in [2.75, 3.05) is 13.6 Å². The first kappa shape index (κ1) is 23.9. The van der Waals surface area contributed by atoms with Crippen LogP contribution in [0.1, 0.15) is 85.0 Å². The molecule has 0 bridgehead atoms. The third-order valence-electron chi connectivity index (χ3n) is 3.41. The molecule has 0 aliphatic rings. The maximum atomic E-state index is 11.4. The number of ketones is 1. The second-order valence-corrected chi connectivity index (χ2v) is 5.48. The average molecular weight is 328 g/mol. The van der Waals surface area contributed by atoms with Crippen LogP contribution in [-0.4, -0.2) is 31.2 Å². The van der Waals surface area contributed by atoms with Gasteiger partial charge >= 0.3 is 0 Å². The van der Waals surface area contributed by atoms with Gasteiger partial charge in [-0.05, 0) is 19.8 Å². The topological polar surface area (TPSA) is 75.3 Å². The first-order chi connectivity index (χ1) is 11.1. The Morgan fingerprint density at radius 3 is 1.57 bits per heavy atom. The van der Waals surface area contributed by atoms with E-state index in [0.717, 1.165) is 32.1 Å². The zero-order chi connectivity index (χ0) is 17.9. The maximum Gasteiger partial charge on any atom is 0.239 e. The molecule has 5 heteroatoms. The minimum Gasteiger partial charge on any atom is -0.358 e. The minimum atomic E-state index is -0.173. The summed E-state index contributed by atoms with van der Waals surface area (Å²) in [6.07, 6.45) is 10.0. The van der Waals surface area contributed by atoms with Crippen LogP contribution in [0.5, 0.6) is 0 Å². The maximum absolute atomic E-state index is 11.4. The van der Waals surface area contributed by atoms with Crippen molar-refractivity contribution in [3.05, 3.63) is 0 Å². The molecule has 0 rings (SSSR count). The summed E-state index contributed by atoms with van der Waals surface area (Å²) >= 11 is 0. The molecular formula is C18H36N2O3. The quantitative estimate of drug-likeness (QED) is 0.509. The number of hydrogen-bond acceptors (Lipinski definition) is 3. The molecule has 0 radical (unpaired) electrons. The van der Waals surface area contributed by atoms with Gasteiger partial charge in [0.15, 0.2) is 0 Å². The number of hydrogen-bond donors (Lipinski definition) is 2. The molecule has 0 aliphatic carbocycles. The van der Waals surface area contributed by atoms with Gasteiger partial charge in [-0.25, -0.2) is 0 Å². The summed E-state index contributed by atoms with van der Waals surface area (Å²) in [6.45, 7) is 5.71. The van der Waals surface area contributed by atoms with E-state index in [1.165, 1.54) is 19.3 Å². The molecule has 5 nitrogen and oxygen atoms in total. The molecule has 0 aromatic rings. The van der Waals surface area contributed by atoms with Gasteiger partial charge in [-0.3, -0.25) is 9.59 Å². The van der Waals surface area contributed by atoms with Crippen LogP contribution in [0.4, 0.5) is 0 Å². The summed E-state index contributed by atoms with van der Waals surface area (Å²) in [5.41, 5.74) is 0. The summed E-state index contributed by atoms with van der Waals surface area (Å²) in [6, 6.07) is 0. The standard InChI is InChI=1S/C16H30N2O3.C2H6/c1-14(19)11-9-7-5-3-4-6-8-10-12-15(20)18-13-16(21)17-2;1-2/h3-13H2,1-2H3,(H,17,21)(H,18,20);1-2H3. The van der Waals surface area contributed by atoms with Gasteiger partial charge in [0.05, 0.1) is 6.54 Å². The normalized spacial score (nSPS) is 9.57. The van der Waals surface area contributed by atoms with Crippen LogP contribution in [0, 0.1) is 0 Å². The fourth-order valence-electron chi connectivity index (χ4n) is 2.08. The Labute approximate surface area is 142 Å². The second-order valence-electron chi connectivity index (χ2n) is 5.48. The van der Waals surface area contributed by atoms with Crippen molar-refractivity contribution in [2.24, 2.45) is 0 Å². The minimum absolute atomic E-state index is 0.0529. The molecule has 0 aromatic heterocycles. The Hall–Kier alpha value is -1.39. The first-order valence-corrected chi connectivity index (χ1v) is 9.03. The number of Topliss-reactive ketones (excluding diaryl/α,β-unsaturated/α-hetero) is 1. The van der Waals surface area contributed by atoms with E-state index >= 15 is 0 Å². The third-order valence-corrected chi connectivity index (χ3v) is 3.41. The molecular weight excluding hydrogens is 292 g/mol. The highest BCUT2D eigenvalue weighted by Gasteiger charge is 2.03.